The number of nitrogens with zero attached hydrogens (tertiary/aromatic N) is 1. The molecule has 1 atom stereocenters. The monoisotopic (exact) mass is 368 g/mol. The Balaban J connectivity index is 2.60. The molecular weight excluding hydrogens is 348 g/mol. The van der Waals surface area contributed by atoms with E-state index in [2.05, 4.69) is 28.2 Å². The molecule has 1 unspecified atom stereocenters. The van der Waals surface area contributed by atoms with Crippen LogP contribution in [0.15, 0.2) is 15.2 Å². The van der Waals surface area contributed by atoms with Crippen LogP contribution in [0, 0.1) is 0 Å². The van der Waals surface area contributed by atoms with E-state index in [4.69, 9.17) is 0 Å². The van der Waals surface area contributed by atoms with E-state index < -0.39 is 15.3 Å². The second kappa shape index (κ2) is 7.73. The van der Waals surface area contributed by atoms with E-state index in [-0.39, 0.29) is 0 Å². The van der Waals surface area contributed by atoms with E-state index >= 15 is 0 Å². The quantitative estimate of drug-likeness (QED) is 0.717. The van der Waals surface area contributed by atoms with Crippen LogP contribution in [-0.4, -0.2) is 38.1 Å². The largest absolute Gasteiger partial charge is 0.315 e. The van der Waals surface area contributed by atoms with E-state index in [1.807, 2.05) is 11.4 Å². The van der Waals surface area contributed by atoms with Crippen molar-refractivity contribution in [2.45, 2.75) is 32.1 Å². The summed E-state index contributed by atoms with van der Waals surface area (Å²) >= 11 is 4.95. The van der Waals surface area contributed by atoms with Crippen LogP contribution < -0.4 is 5.32 Å². The molecule has 19 heavy (non-hydrogen) atoms. The summed E-state index contributed by atoms with van der Waals surface area (Å²) in [4.78, 5) is 0. The molecule has 0 aliphatic heterocycles. The highest BCUT2D eigenvalue weighted by atomic mass is 79.9. The molecule has 0 amide bonds. The molecule has 0 bridgehead atoms. The summed E-state index contributed by atoms with van der Waals surface area (Å²) in [5, 5.41) is 4.71. The summed E-state index contributed by atoms with van der Waals surface area (Å²) in [7, 11) is -1.61. The molecular formula is C12H21BrN2O2S2. The third-order valence-electron chi connectivity index (χ3n) is 2.83. The Morgan fingerprint density at radius 2 is 2.21 bits per heavy atom. The summed E-state index contributed by atoms with van der Waals surface area (Å²) in [6, 6.07) is 1.96. The second-order valence-electron chi connectivity index (χ2n) is 4.57. The first kappa shape index (κ1) is 17.1. The highest BCUT2D eigenvalue weighted by Crippen LogP contribution is 2.22. The Morgan fingerprint density at radius 1 is 1.53 bits per heavy atom. The first-order valence-electron chi connectivity index (χ1n) is 6.26. The van der Waals surface area contributed by atoms with Gasteiger partial charge in [-0.2, -0.15) is 0 Å². The van der Waals surface area contributed by atoms with Crippen LogP contribution in [0.25, 0.3) is 0 Å². The van der Waals surface area contributed by atoms with E-state index in [1.54, 1.807) is 25.3 Å². The van der Waals surface area contributed by atoms with Gasteiger partial charge in [0.25, 0.3) is 0 Å². The number of hydrogen-bond donors (Lipinski definition) is 1. The Labute approximate surface area is 128 Å². The lowest BCUT2D eigenvalue weighted by atomic mass is 10.3. The predicted octanol–water partition coefficient (Wildman–Crippen LogP) is 2.66. The van der Waals surface area contributed by atoms with Gasteiger partial charge in [-0.25, -0.2) is 12.7 Å². The fourth-order valence-electron chi connectivity index (χ4n) is 1.67. The number of halogens is 1. The normalized spacial score (nSPS) is 13.9. The van der Waals surface area contributed by atoms with Crippen molar-refractivity contribution in [3.63, 3.8) is 0 Å². The second-order valence-corrected chi connectivity index (χ2v) is 9.32. The van der Waals surface area contributed by atoms with Gasteiger partial charge in [-0.05, 0) is 52.8 Å². The van der Waals surface area contributed by atoms with Crippen molar-refractivity contribution in [2.24, 2.45) is 0 Å². The fourth-order valence-corrected chi connectivity index (χ4v) is 4.14. The molecule has 1 aromatic heterocycles. The van der Waals surface area contributed by atoms with Crippen molar-refractivity contribution in [3.8, 4) is 0 Å². The molecule has 7 heteroatoms. The topological polar surface area (TPSA) is 49.4 Å². The Morgan fingerprint density at radius 3 is 2.74 bits per heavy atom. The molecule has 1 N–H and O–H groups in total. The molecule has 0 fully saturated rings. The number of sulfonamides is 1. The van der Waals surface area contributed by atoms with Crippen molar-refractivity contribution in [2.75, 3.05) is 20.1 Å². The molecule has 4 nitrogen and oxygen atoms in total. The summed E-state index contributed by atoms with van der Waals surface area (Å²) < 4.78 is 27.1. The molecule has 1 aromatic rings. The van der Waals surface area contributed by atoms with Gasteiger partial charge in [0, 0.05) is 20.1 Å². The summed E-state index contributed by atoms with van der Waals surface area (Å²) in [6.07, 6.45) is 1.01. The third-order valence-corrected chi connectivity index (χ3v) is 6.56. The van der Waals surface area contributed by atoms with E-state index in [0.29, 0.717) is 13.1 Å². The van der Waals surface area contributed by atoms with Crippen LogP contribution in [-0.2, 0) is 16.6 Å². The Bertz CT molecular complexity index is 488. The van der Waals surface area contributed by atoms with Gasteiger partial charge >= 0.3 is 0 Å². The molecule has 0 aliphatic carbocycles. The molecule has 1 heterocycles. The van der Waals surface area contributed by atoms with Gasteiger partial charge < -0.3 is 5.32 Å². The van der Waals surface area contributed by atoms with Crippen molar-refractivity contribution in [3.05, 3.63) is 20.8 Å². The molecule has 0 aliphatic rings. The zero-order chi connectivity index (χ0) is 14.5. The van der Waals surface area contributed by atoms with Crippen LogP contribution in [0.3, 0.4) is 0 Å². The summed E-state index contributed by atoms with van der Waals surface area (Å²) in [5.41, 5.74) is 1.01. The minimum absolute atomic E-state index is 0.411. The average molecular weight is 369 g/mol. The van der Waals surface area contributed by atoms with Gasteiger partial charge in [0.15, 0.2) is 0 Å². The van der Waals surface area contributed by atoms with Crippen molar-refractivity contribution >= 4 is 37.3 Å². The molecule has 0 saturated carbocycles. The van der Waals surface area contributed by atoms with Crippen LogP contribution in [0.4, 0.5) is 0 Å². The zero-order valence-corrected chi connectivity index (χ0v) is 14.7. The van der Waals surface area contributed by atoms with Crippen molar-refractivity contribution < 1.29 is 8.42 Å². The highest BCUT2D eigenvalue weighted by Gasteiger charge is 2.25. The number of thiophene rings is 1. The first-order valence-corrected chi connectivity index (χ1v) is 9.44. The third kappa shape index (κ3) is 5.15. The molecule has 0 radical (unpaired) electrons. The lowest BCUT2D eigenvalue weighted by molar-refractivity contribution is 0.454. The van der Waals surface area contributed by atoms with E-state index in [1.165, 1.54) is 4.31 Å². The van der Waals surface area contributed by atoms with Gasteiger partial charge in [-0.15, -0.1) is 11.3 Å². The van der Waals surface area contributed by atoms with Gasteiger partial charge in [0.05, 0.1) is 9.04 Å². The van der Waals surface area contributed by atoms with Gasteiger partial charge in [0.2, 0.25) is 10.0 Å². The molecule has 1 rings (SSSR count). The van der Waals surface area contributed by atoms with Gasteiger partial charge in [-0.3, -0.25) is 0 Å². The standard InChI is InChI=1S/C12H21BrN2O2S2/c1-4-5-14-7-10(2)19(16,17)15(3)8-11-6-12(13)18-9-11/h6,9-10,14H,4-5,7-8H2,1-3H3. The van der Waals surface area contributed by atoms with Crippen molar-refractivity contribution in [1.29, 1.82) is 0 Å². The number of hydrogen-bond acceptors (Lipinski definition) is 4. The minimum atomic E-state index is -3.25. The molecule has 0 saturated heterocycles. The maximum atomic E-state index is 12.3. The predicted molar refractivity (Wildman–Crippen MR) is 85.0 cm³/mol. The smallest absolute Gasteiger partial charge is 0.218 e. The van der Waals surface area contributed by atoms with Gasteiger partial charge in [-0.1, -0.05) is 6.92 Å². The maximum absolute atomic E-state index is 12.3. The van der Waals surface area contributed by atoms with Crippen LogP contribution in [0.1, 0.15) is 25.8 Å². The average Bonchev–Trinajstić information content (AvgIpc) is 2.74. The highest BCUT2D eigenvalue weighted by molar-refractivity contribution is 9.11. The van der Waals surface area contributed by atoms with Crippen LogP contribution >= 0.6 is 27.3 Å². The Hall–Kier alpha value is 0.0500. The first-order chi connectivity index (χ1) is 8.87. The minimum Gasteiger partial charge on any atom is -0.315 e. The Kier molecular flexibility index (Phi) is 6.96. The zero-order valence-electron chi connectivity index (χ0n) is 11.5. The molecule has 110 valence electrons. The molecule has 0 aromatic carbocycles. The molecule has 0 spiro atoms. The number of nitrogens with one attached hydrogen (secondary N) is 1. The van der Waals surface area contributed by atoms with E-state index in [9.17, 15) is 8.42 Å². The van der Waals surface area contributed by atoms with Crippen LogP contribution in [0.5, 0.6) is 0 Å². The fraction of sp³-hybridized carbons (Fsp3) is 0.667. The van der Waals surface area contributed by atoms with Crippen LogP contribution in [0.2, 0.25) is 0 Å². The van der Waals surface area contributed by atoms with Crippen molar-refractivity contribution in [1.82, 2.24) is 9.62 Å². The lowest BCUT2D eigenvalue weighted by Crippen LogP contribution is -2.39. The lowest BCUT2D eigenvalue weighted by Gasteiger charge is -2.21. The SMILES string of the molecule is CCCNCC(C)S(=O)(=O)N(C)Cc1csc(Br)c1. The summed E-state index contributed by atoms with van der Waals surface area (Å²) in [6.45, 7) is 5.57. The van der Waals surface area contributed by atoms with E-state index in [0.717, 1.165) is 22.3 Å². The summed E-state index contributed by atoms with van der Waals surface area (Å²) in [5.74, 6) is 0. The maximum Gasteiger partial charge on any atom is 0.218 e. The van der Waals surface area contributed by atoms with Gasteiger partial charge in [0.1, 0.15) is 0 Å². The number of rotatable bonds is 8.